The van der Waals surface area contributed by atoms with Crippen LogP contribution in [0.25, 0.3) is 0 Å². The first-order valence-corrected chi connectivity index (χ1v) is 7.42. The predicted molar refractivity (Wildman–Crippen MR) is 96.2 cm³/mol. The summed E-state index contributed by atoms with van der Waals surface area (Å²) in [7, 11) is 0. The van der Waals surface area contributed by atoms with Crippen molar-refractivity contribution in [3.63, 3.8) is 0 Å². The van der Waals surface area contributed by atoms with Gasteiger partial charge in [0.15, 0.2) is 8.64 Å². The Hall–Kier alpha value is 0.360. The second kappa shape index (κ2) is 16.4. The van der Waals surface area contributed by atoms with Crippen molar-refractivity contribution in [1.29, 1.82) is 0 Å². The van der Waals surface area contributed by atoms with E-state index >= 15 is 0 Å². The lowest BCUT2D eigenvalue weighted by Crippen LogP contribution is -2.25. The van der Waals surface area contributed by atoms with Gasteiger partial charge in [0.25, 0.3) is 0 Å². The van der Waals surface area contributed by atoms with Crippen molar-refractivity contribution in [3.8, 4) is 0 Å². The van der Waals surface area contributed by atoms with E-state index in [2.05, 4.69) is 25.3 Å². The Balaban J connectivity index is -0.000000256. The largest absolute Gasteiger partial charge is 0.344 e. The maximum Gasteiger partial charge on any atom is 0.157 e. The number of hydrogen-bond acceptors (Lipinski definition) is 5. The van der Waals surface area contributed by atoms with Crippen LogP contribution >= 0.6 is 49.7 Å². The molecule has 0 heterocycles. The van der Waals surface area contributed by atoms with Crippen LogP contribution < -0.4 is 6.15 Å². The second-order valence-corrected chi connectivity index (χ2v) is 5.02. The molecule has 19 heavy (non-hydrogen) atoms. The molecule has 0 bridgehead atoms. The standard InChI is InChI=1S/2C5H11NOS2.H3N/c2*1-3-6(5(8)9)7-4-2;/h2*3-4H2,1-2H3,(H,8,9);1H3. The molecule has 0 aliphatic carbocycles. The van der Waals surface area contributed by atoms with E-state index in [1.807, 2.05) is 27.7 Å². The van der Waals surface area contributed by atoms with Crippen LogP contribution in [0, 0.1) is 0 Å². The second-order valence-electron chi connectivity index (χ2n) is 2.79. The van der Waals surface area contributed by atoms with Gasteiger partial charge in [0.2, 0.25) is 0 Å². The van der Waals surface area contributed by atoms with Crippen molar-refractivity contribution < 1.29 is 9.68 Å². The molecule has 0 aliphatic rings. The molecule has 0 aromatic rings. The fourth-order valence-electron chi connectivity index (χ4n) is 0.875. The monoisotopic (exact) mass is 347 g/mol. The summed E-state index contributed by atoms with van der Waals surface area (Å²) in [5, 5.41) is 3.14. The van der Waals surface area contributed by atoms with Crippen LogP contribution in [0.15, 0.2) is 0 Å². The molecular formula is C10H25N3O2S4. The Kier molecular flexibility index (Phi) is 21.1. The SMILES string of the molecule is CCON(CC)C(=S)S.CCON(CC)C(=S)S.N. The average molecular weight is 348 g/mol. The smallest absolute Gasteiger partial charge is 0.157 e. The third kappa shape index (κ3) is 14.6. The molecule has 0 saturated carbocycles. The highest BCUT2D eigenvalue weighted by Crippen LogP contribution is 1.96. The van der Waals surface area contributed by atoms with E-state index in [1.165, 1.54) is 0 Å². The minimum Gasteiger partial charge on any atom is -0.344 e. The van der Waals surface area contributed by atoms with E-state index in [0.29, 0.717) is 21.9 Å². The Bertz CT molecular complexity index is 221. The molecular weight excluding hydrogens is 322 g/mol. The Labute approximate surface area is 138 Å². The number of nitrogens with zero attached hydrogens (tertiary/aromatic N) is 2. The summed E-state index contributed by atoms with van der Waals surface area (Å²) in [6, 6.07) is 0. The maximum absolute atomic E-state index is 5.07. The third-order valence-corrected chi connectivity index (χ3v) is 2.42. The molecule has 0 amide bonds. The van der Waals surface area contributed by atoms with Crippen LogP contribution in [-0.4, -0.2) is 45.1 Å². The summed E-state index contributed by atoms with van der Waals surface area (Å²) in [5.74, 6) is 0. The van der Waals surface area contributed by atoms with Gasteiger partial charge < -0.3 is 6.15 Å². The highest BCUT2D eigenvalue weighted by molar-refractivity contribution is 8.11. The lowest BCUT2D eigenvalue weighted by atomic mass is 10.7. The molecule has 0 rings (SSSR count). The molecule has 0 unspecified atom stereocenters. The van der Waals surface area contributed by atoms with E-state index < -0.39 is 0 Å². The molecule has 116 valence electrons. The van der Waals surface area contributed by atoms with Crippen molar-refractivity contribution in [3.05, 3.63) is 0 Å². The minimum absolute atomic E-state index is 0. The number of hydroxylamine groups is 4. The van der Waals surface area contributed by atoms with Crippen LogP contribution in [0.2, 0.25) is 0 Å². The highest BCUT2D eigenvalue weighted by Gasteiger charge is 2.00. The molecule has 0 aliphatic heterocycles. The lowest BCUT2D eigenvalue weighted by Gasteiger charge is -2.17. The van der Waals surface area contributed by atoms with Crippen LogP contribution in [0.4, 0.5) is 0 Å². The number of rotatable bonds is 6. The zero-order valence-electron chi connectivity index (χ0n) is 12.0. The van der Waals surface area contributed by atoms with Crippen LogP contribution in [0.1, 0.15) is 27.7 Å². The topological polar surface area (TPSA) is 59.9 Å². The summed E-state index contributed by atoms with van der Waals surface area (Å²) in [4.78, 5) is 10.1. The summed E-state index contributed by atoms with van der Waals surface area (Å²) in [6.45, 7) is 10.5. The summed E-state index contributed by atoms with van der Waals surface area (Å²) in [5.41, 5.74) is 0. The van der Waals surface area contributed by atoms with E-state index in [-0.39, 0.29) is 6.15 Å². The summed E-state index contributed by atoms with van der Waals surface area (Å²) < 4.78 is 0.971. The molecule has 0 atom stereocenters. The van der Waals surface area contributed by atoms with Gasteiger partial charge in [-0.15, -0.1) is 25.3 Å². The first kappa shape index (κ1) is 24.4. The maximum atomic E-state index is 5.07. The molecule has 0 aromatic heterocycles. The molecule has 9 heteroatoms. The Morgan fingerprint density at radius 1 is 0.842 bits per heavy atom. The van der Waals surface area contributed by atoms with Gasteiger partial charge in [-0.25, -0.2) is 10.1 Å². The van der Waals surface area contributed by atoms with Gasteiger partial charge in [-0.1, -0.05) is 24.4 Å². The first-order valence-electron chi connectivity index (χ1n) is 5.71. The molecule has 3 N–H and O–H groups in total. The molecule has 0 spiro atoms. The molecule has 0 aromatic carbocycles. The van der Waals surface area contributed by atoms with E-state index in [1.54, 1.807) is 10.1 Å². The van der Waals surface area contributed by atoms with Gasteiger partial charge in [-0.3, -0.25) is 9.68 Å². The van der Waals surface area contributed by atoms with E-state index in [9.17, 15) is 0 Å². The van der Waals surface area contributed by atoms with Gasteiger partial charge >= 0.3 is 0 Å². The van der Waals surface area contributed by atoms with Crippen LogP contribution in [-0.2, 0) is 9.68 Å². The molecule has 0 fully saturated rings. The molecule has 5 nitrogen and oxygen atoms in total. The summed E-state index contributed by atoms with van der Waals surface area (Å²) >= 11 is 17.4. The fraction of sp³-hybridized carbons (Fsp3) is 0.800. The van der Waals surface area contributed by atoms with Gasteiger partial charge in [-0.05, 0) is 27.7 Å². The van der Waals surface area contributed by atoms with E-state index in [0.717, 1.165) is 13.1 Å². The van der Waals surface area contributed by atoms with Crippen molar-refractivity contribution >= 4 is 58.3 Å². The number of thiol groups is 2. The Morgan fingerprint density at radius 3 is 1.16 bits per heavy atom. The predicted octanol–water partition coefficient (Wildman–Crippen LogP) is 3.11. The van der Waals surface area contributed by atoms with Gasteiger partial charge in [0, 0.05) is 13.1 Å². The zero-order valence-corrected chi connectivity index (χ0v) is 15.4. The van der Waals surface area contributed by atoms with Crippen molar-refractivity contribution in [2.75, 3.05) is 26.3 Å². The fourth-order valence-corrected chi connectivity index (χ4v) is 1.64. The van der Waals surface area contributed by atoms with E-state index in [4.69, 9.17) is 34.1 Å². The van der Waals surface area contributed by atoms with Crippen molar-refractivity contribution in [1.82, 2.24) is 16.3 Å². The van der Waals surface area contributed by atoms with Crippen molar-refractivity contribution in [2.24, 2.45) is 0 Å². The quantitative estimate of drug-likeness (QED) is 0.388. The molecule has 0 radical (unpaired) electrons. The summed E-state index contributed by atoms with van der Waals surface area (Å²) in [6.07, 6.45) is 0. The highest BCUT2D eigenvalue weighted by atomic mass is 32.1. The normalized spacial score (nSPS) is 8.74. The Morgan fingerprint density at radius 2 is 1.11 bits per heavy atom. The van der Waals surface area contributed by atoms with Crippen LogP contribution in [0.5, 0.6) is 0 Å². The number of thiocarbonyl (C=S) groups is 2. The molecule has 0 saturated heterocycles. The van der Waals surface area contributed by atoms with Gasteiger partial charge in [0.1, 0.15) is 0 Å². The lowest BCUT2D eigenvalue weighted by molar-refractivity contribution is -0.0844. The average Bonchev–Trinajstić information content (AvgIpc) is 2.32. The van der Waals surface area contributed by atoms with Crippen LogP contribution in [0.3, 0.4) is 0 Å². The minimum atomic E-state index is 0. The zero-order chi connectivity index (χ0) is 14.6. The number of hydrogen-bond donors (Lipinski definition) is 3. The van der Waals surface area contributed by atoms with Crippen molar-refractivity contribution in [2.45, 2.75) is 27.7 Å². The third-order valence-electron chi connectivity index (χ3n) is 1.57. The van der Waals surface area contributed by atoms with Gasteiger partial charge in [-0.2, -0.15) is 0 Å². The first-order chi connectivity index (χ1) is 8.44. The van der Waals surface area contributed by atoms with Gasteiger partial charge in [0.05, 0.1) is 13.2 Å².